The average molecular weight is 263 g/mol. The van der Waals surface area contributed by atoms with Gasteiger partial charge in [-0.3, -0.25) is 9.48 Å². The Morgan fingerprint density at radius 2 is 2.16 bits per heavy atom. The zero-order chi connectivity index (χ0) is 14.0. The third-order valence-electron chi connectivity index (χ3n) is 3.51. The minimum atomic E-state index is -0.747. The first kappa shape index (κ1) is 13.8. The quantitative estimate of drug-likeness (QED) is 0.845. The van der Waals surface area contributed by atoms with Crippen molar-refractivity contribution in [3.05, 3.63) is 23.8 Å². The Labute approximate surface area is 113 Å². The lowest BCUT2D eigenvalue weighted by Crippen LogP contribution is -2.25. The normalized spacial score (nSPS) is 22.9. The van der Waals surface area contributed by atoms with E-state index in [-0.39, 0.29) is 11.8 Å². The Hall–Kier alpha value is -1.65. The van der Waals surface area contributed by atoms with E-state index in [2.05, 4.69) is 23.9 Å². The van der Waals surface area contributed by atoms with Gasteiger partial charge in [0.15, 0.2) is 5.82 Å². The molecular formula is C14H21N3O2. The first-order valence-corrected chi connectivity index (χ1v) is 6.76. The van der Waals surface area contributed by atoms with Crippen LogP contribution in [0.3, 0.4) is 0 Å². The SMILES string of the molecule is CC(C)Cc1nc([C@@H]2CC=CC[C@@H]2C(=O)O)n(C)n1. The second kappa shape index (κ2) is 5.55. The molecule has 0 spiro atoms. The van der Waals surface area contributed by atoms with Crippen LogP contribution in [0.5, 0.6) is 0 Å². The number of carboxylic acids is 1. The van der Waals surface area contributed by atoms with E-state index in [0.717, 1.165) is 24.5 Å². The van der Waals surface area contributed by atoms with Crippen LogP contribution in [0.15, 0.2) is 12.2 Å². The van der Waals surface area contributed by atoms with Gasteiger partial charge in [0, 0.05) is 19.4 Å². The molecule has 1 aromatic rings. The van der Waals surface area contributed by atoms with Crippen molar-refractivity contribution in [1.29, 1.82) is 0 Å². The second-order valence-corrected chi connectivity index (χ2v) is 5.60. The fraction of sp³-hybridized carbons (Fsp3) is 0.643. The molecule has 0 fully saturated rings. The molecule has 0 bridgehead atoms. The summed E-state index contributed by atoms with van der Waals surface area (Å²) in [5.41, 5.74) is 0. The van der Waals surface area contributed by atoms with Crippen molar-refractivity contribution in [2.45, 2.75) is 39.0 Å². The first-order valence-electron chi connectivity index (χ1n) is 6.76. The molecule has 0 aromatic carbocycles. The Morgan fingerprint density at radius 3 is 2.79 bits per heavy atom. The van der Waals surface area contributed by atoms with E-state index in [1.165, 1.54) is 0 Å². The smallest absolute Gasteiger partial charge is 0.307 e. The number of hydrogen-bond acceptors (Lipinski definition) is 3. The molecule has 5 nitrogen and oxygen atoms in total. The fourth-order valence-corrected chi connectivity index (χ4v) is 2.60. The van der Waals surface area contributed by atoms with Gasteiger partial charge in [-0.2, -0.15) is 5.10 Å². The molecule has 0 saturated heterocycles. The number of nitrogens with zero attached hydrogens (tertiary/aromatic N) is 3. The van der Waals surface area contributed by atoms with Gasteiger partial charge < -0.3 is 5.11 Å². The highest BCUT2D eigenvalue weighted by Crippen LogP contribution is 2.33. The summed E-state index contributed by atoms with van der Waals surface area (Å²) in [4.78, 5) is 15.9. The Balaban J connectivity index is 2.27. The highest BCUT2D eigenvalue weighted by Gasteiger charge is 2.33. The number of aliphatic carboxylic acids is 1. The van der Waals surface area contributed by atoms with Crippen LogP contribution in [-0.2, 0) is 18.3 Å². The third-order valence-corrected chi connectivity index (χ3v) is 3.51. The van der Waals surface area contributed by atoms with Crippen molar-refractivity contribution in [1.82, 2.24) is 14.8 Å². The van der Waals surface area contributed by atoms with E-state index in [9.17, 15) is 9.90 Å². The van der Waals surface area contributed by atoms with Crippen molar-refractivity contribution in [2.75, 3.05) is 0 Å². The molecular weight excluding hydrogens is 242 g/mol. The number of aromatic nitrogens is 3. The van der Waals surface area contributed by atoms with Gasteiger partial charge >= 0.3 is 5.97 Å². The second-order valence-electron chi connectivity index (χ2n) is 5.60. The van der Waals surface area contributed by atoms with Gasteiger partial charge in [0.1, 0.15) is 5.82 Å². The minimum absolute atomic E-state index is 0.0686. The largest absolute Gasteiger partial charge is 0.481 e. The molecule has 0 amide bonds. The molecule has 1 aliphatic carbocycles. The van der Waals surface area contributed by atoms with E-state index >= 15 is 0 Å². The predicted octanol–water partition coefficient (Wildman–Crippen LogP) is 2.15. The van der Waals surface area contributed by atoms with Crippen molar-refractivity contribution in [3.8, 4) is 0 Å². The summed E-state index contributed by atoms with van der Waals surface area (Å²) >= 11 is 0. The number of carboxylic acid groups (broad SMARTS) is 1. The summed E-state index contributed by atoms with van der Waals surface area (Å²) in [7, 11) is 1.85. The summed E-state index contributed by atoms with van der Waals surface area (Å²) in [6.07, 6.45) is 6.12. The third kappa shape index (κ3) is 3.03. The van der Waals surface area contributed by atoms with Gasteiger partial charge in [-0.05, 0) is 18.8 Å². The molecule has 5 heteroatoms. The molecule has 1 aromatic heterocycles. The van der Waals surface area contributed by atoms with Crippen LogP contribution in [0.4, 0.5) is 0 Å². The van der Waals surface area contributed by atoms with E-state index in [1.54, 1.807) is 4.68 Å². The van der Waals surface area contributed by atoms with E-state index in [0.29, 0.717) is 12.3 Å². The van der Waals surface area contributed by atoms with Crippen molar-refractivity contribution in [2.24, 2.45) is 18.9 Å². The lowest BCUT2D eigenvalue weighted by atomic mass is 9.82. The lowest BCUT2D eigenvalue weighted by Gasteiger charge is -2.23. The summed E-state index contributed by atoms with van der Waals surface area (Å²) in [6.45, 7) is 4.25. The summed E-state index contributed by atoms with van der Waals surface area (Å²) in [5, 5.41) is 13.7. The molecule has 0 saturated carbocycles. The highest BCUT2D eigenvalue weighted by atomic mass is 16.4. The number of aryl methyl sites for hydroxylation is 1. The van der Waals surface area contributed by atoms with Gasteiger partial charge in [0.2, 0.25) is 0 Å². The number of hydrogen-bond donors (Lipinski definition) is 1. The van der Waals surface area contributed by atoms with Crippen LogP contribution in [0, 0.1) is 11.8 Å². The van der Waals surface area contributed by atoms with Crippen LogP contribution in [0.2, 0.25) is 0 Å². The van der Waals surface area contributed by atoms with E-state index < -0.39 is 5.97 Å². The van der Waals surface area contributed by atoms with Crippen LogP contribution in [0.25, 0.3) is 0 Å². The molecule has 0 radical (unpaired) electrons. The zero-order valence-electron chi connectivity index (χ0n) is 11.7. The number of rotatable bonds is 4. The minimum Gasteiger partial charge on any atom is -0.481 e. The first-order chi connectivity index (χ1) is 8.99. The maximum atomic E-state index is 11.3. The Bertz CT molecular complexity index is 491. The Morgan fingerprint density at radius 1 is 1.47 bits per heavy atom. The average Bonchev–Trinajstić information content (AvgIpc) is 2.69. The standard InChI is InChI=1S/C14H21N3O2/c1-9(2)8-12-15-13(17(3)16-12)10-6-4-5-7-11(10)14(18)19/h4-5,9-11H,6-8H2,1-3H3,(H,18,19)/t10-,11+/m1/s1. The molecule has 19 heavy (non-hydrogen) atoms. The molecule has 2 rings (SSSR count). The van der Waals surface area contributed by atoms with Crippen LogP contribution in [0.1, 0.15) is 44.3 Å². The topological polar surface area (TPSA) is 68.0 Å². The van der Waals surface area contributed by atoms with Crippen LogP contribution in [-0.4, -0.2) is 25.8 Å². The van der Waals surface area contributed by atoms with Gasteiger partial charge in [-0.1, -0.05) is 26.0 Å². The highest BCUT2D eigenvalue weighted by molar-refractivity contribution is 5.71. The monoisotopic (exact) mass is 263 g/mol. The molecule has 1 heterocycles. The van der Waals surface area contributed by atoms with Crippen molar-refractivity contribution >= 4 is 5.97 Å². The maximum absolute atomic E-state index is 11.3. The predicted molar refractivity (Wildman–Crippen MR) is 71.8 cm³/mol. The molecule has 1 N–H and O–H groups in total. The Kier molecular flexibility index (Phi) is 4.02. The summed E-state index contributed by atoms with van der Waals surface area (Å²) in [6, 6.07) is 0. The fourth-order valence-electron chi connectivity index (χ4n) is 2.60. The summed E-state index contributed by atoms with van der Waals surface area (Å²) < 4.78 is 1.75. The molecule has 2 atom stereocenters. The maximum Gasteiger partial charge on any atom is 0.307 e. The number of allylic oxidation sites excluding steroid dienone is 2. The summed E-state index contributed by atoms with van der Waals surface area (Å²) in [5.74, 6) is 0.902. The lowest BCUT2D eigenvalue weighted by molar-refractivity contribution is -0.142. The van der Waals surface area contributed by atoms with Crippen LogP contribution >= 0.6 is 0 Å². The molecule has 0 aliphatic heterocycles. The van der Waals surface area contributed by atoms with Gasteiger partial charge in [-0.25, -0.2) is 4.98 Å². The van der Waals surface area contributed by atoms with Crippen molar-refractivity contribution < 1.29 is 9.90 Å². The van der Waals surface area contributed by atoms with Crippen molar-refractivity contribution in [3.63, 3.8) is 0 Å². The van der Waals surface area contributed by atoms with Crippen LogP contribution < -0.4 is 0 Å². The van der Waals surface area contributed by atoms with Gasteiger partial charge in [-0.15, -0.1) is 0 Å². The molecule has 1 aliphatic rings. The van der Waals surface area contributed by atoms with E-state index in [1.807, 2.05) is 19.2 Å². The van der Waals surface area contributed by atoms with Gasteiger partial charge in [0.25, 0.3) is 0 Å². The number of carbonyl (C=O) groups is 1. The molecule has 0 unspecified atom stereocenters. The van der Waals surface area contributed by atoms with Gasteiger partial charge in [0.05, 0.1) is 5.92 Å². The zero-order valence-corrected chi connectivity index (χ0v) is 11.7. The molecule has 104 valence electrons. The van der Waals surface area contributed by atoms with E-state index in [4.69, 9.17) is 0 Å².